The zero-order valence-electron chi connectivity index (χ0n) is 24.1. The first-order valence-electron chi connectivity index (χ1n) is 13.4. The Morgan fingerprint density at radius 3 is 2.66 bits per heavy atom. The van der Waals surface area contributed by atoms with Crippen molar-refractivity contribution in [1.29, 1.82) is 0 Å². The van der Waals surface area contributed by atoms with Crippen LogP contribution in [0.1, 0.15) is 16.8 Å². The Hall–Kier alpha value is -4.76. The van der Waals surface area contributed by atoms with E-state index in [-0.39, 0.29) is 5.82 Å². The van der Waals surface area contributed by atoms with Crippen molar-refractivity contribution < 1.29 is 4.39 Å². The molecule has 0 aliphatic heterocycles. The molecule has 1 aromatic carbocycles. The van der Waals surface area contributed by atoms with Gasteiger partial charge in [0, 0.05) is 55.9 Å². The van der Waals surface area contributed by atoms with Crippen molar-refractivity contribution in [1.82, 2.24) is 30.0 Å². The molecule has 8 nitrogen and oxygen atoms in total. The molecule has 0 saturated heterocycles. The molecular weight excluding hydrogens is 515 g/mol. The van der Waals surface area contributed by atoms with Gasteiger partial charge in [-0.05, 0) is 74.6 Å². The number of H-pyrrole nitrogens is 2. The summed E-state index contributed by atoms with van der Waals surface area (Å²) in [5.41, 5.74) is 10.0. The number of nitrogens with zero attached hydrogens (tertiary/aromatic N) is 5. The lowest BCUT2D eigenvalue weighted by atomic mass is 9.96. The average Bonchev–Trinajstić information content (AvgIpc) is 3.54. The number of hydrogen-bond acceptors (Lipinski definition) is 6. The van der Waals surface area contributed by atoms with Crippen LogP contribution in [0.2, 0.25) is 0 Å². The summed E-state index contributed by atoms with van der Waals surface area (Å²) in [7, 11) is 7.99. The van der Waals surface area contributed by atoms with E-state index in [9.17, 15) is 4.39 Å². The van der Waals surface area contributed by atoms with Gasteiger partial charge in [-0.1, -0.05) is 18.7 Å². The third-order valence-corrected chi connectivity index (χ3v) is 6.89. The number of nitrogens with one attached hydrogen (secondary N) is 3. The lowest BCUT2D eigenvalue weighted by Gasteiger charge is -2.14. The number of likely N-dealkylation sites (N-methyl/N-ethyl adjacent to an activating group) is 1. The molecule has 5 rings (SSSR count). The summed E-state index contributed by atoms with van der Waals surface area (Å²) in [6, 6.07) is 13.1. The average molecular weight is 551 g/mol. The van der Waals surface area contributed by atoms with Crippen LogP contribution in [0.15, 0.2) is 73.6 Å². The van der Waals surface area contributed by atoms with Gasteiger partial charge in [-0.2, -0.15) is 5.10 Å². The Morgan fingerprint density at radius 2 is 1.90 bits per heavy atom. The summed E-state index contributed by atoms with van der Waals surface area (Å²) in [6.07, 6.45) is 7.26. The van der Waals surface area contributed by atoms with Gasteiger partial charge in [0.05, 0.1) is 28.8 Å². The van der Waals surface area contributed by atoms with Gasteiger partial charge in [-0.15, -0.1) is 0 Å². The van der Waals surface area contributed by atoms with Crippen molar-refractivity contribution in [3.63, 3.8) is 0 Å². The number of aryl methyl sites for hydroxylation is 1. The van der Waals surface area contributed by atoms with E-state index in [0.717, 1.165) is 68.3 Å². The minimum atomic E-state index is -0.305. The fourth-order valence-corrected chi connectivity index (χ4v) is 4.76. The van der Waals surface area contributed by atoms with Gasteiger partial charge in [-0.25, -0.2) is 9.37 Å². The number of halogens is 1. The van der Waals surface area contributed by atoms with Crippen LogP contribution in [-0.2, 0) is 0 Å². The minimum absolute atomic E-state index is 0.305. The van der Waals surface area contributed by atoms with Crippen LogP contribution in [0, 0.1) is 12.7 Å². The third kappa shape index (κ3) is 6.05. The molecular formula is C32H35FN8. The topological polar surface area (TPSA) is 88.8 Å². The standard InChI is InChI=1S/C32H35FN8/c1-7-8-26(21-13-23(33)16-24(14-21)35-11-12-40(3)4)27-17-30(36-20(27)2)32-31-29(38-39-32)10-9-28(37-31)22-15-25(41(5)6)19-34-18-22/h7-10,13-19,35-36H,1,11-12H2,2-6H3,(H,38,39)/b26-8-. The van der Waals surface area contributed by atoms with Gasteiger partial charge in [0.2, 0.25) is 0 Å². The van der Waals surface area contributed by atoms with Gasteiger partial charge in [0.25, 0.3) is 0 Å². The number of fused-ring (bicyclic) bond motifs is 1. The Bertz CT molecular complexity index is 1730. The monoisotopic (exact) mass is 550 g/mol. The van der Waals surface area contributed by atoms with E-state index in [2.05, 4.69) is 43.0 Å². The number of pyridine rings is 2. The van der Waals surface area contributed by atoms with Crippen molar-refractivity contribution in [2.75, 3.05) is 51.5 Å². The highest BCUT2D eigenvalue weighted by Crippen LogP contribution is 2.34. The molecule has 5 aromatic rings. The highest BCUT2D eigenvalue weighted by atomic mass is 19.1. The van der Waals surface area contributed by atoms with E-state index >= 15 is 0 Å². The SMILES string of the molecule is C=C/C=C(/c1cc(F)cc(NCCN(C)C)c1)c1cc(-c2n[nH]c3ccc(-c4cncc(N(C)C)c4)nc23)[nH]c1C. The molecule has 0 saturated carbocycles. The van der Waals surface area contributed by atoms with Crippen LogP contribution >= 0.6 is 0 Å². The van der Waals surface area contributed by atoms with Crippen molar-refractivity contribution in [2.45, 2.75) is 6.92 Å². The van der Waals surface area contributed by atoms with Crippen molar-refractivity contribution in [2.24, 2.45) is 0 Å². The summed E-state index contributed by atoms with van der Waals surface area (Å²) in [5, 5.41) is 11.0. The molecule has 0 bridgehead atoms. The van der Waals surface area contributed by atoms with Crippen molar-refractivity contribution in [3.8, 4) is 22.6 Å². The summed E-state index contributed by atoms with van der Waals surface area (Å²) in [5.74, 6) is -0.305. The summed E-state index contributed by atoms with van der Waals surface area (Å²) < 4.78 is 14.7. The number of anilines is 2. The summed E-state index contributed by atoms with van der Waals surface area (Å²) in [4.78, 5) is 16.9. The van der Waals surface area contributed by atoms with Gasteiger partial charge >= 0.3 is 0 Å². The van der Waals surface area contributed by atoms with E-state index in [1.165, 1.54) is 6.07 Å². The lowest BCUT2D eigenvalue weighted by molar-refractivity contribution is 0.425. The Kier molecular flexibility index (Phi) is 7.98. The Balaban J connectivity index is 1.52. The van der Waals surface area contributed by atoms with Crippen LogP contribution in [-0.4, -0.2) is 71.3 Å². The van der Waals surface area contributed by atoms with Crippen molar-refractivity contribution >= 4 is 28.0 Å². The predicted octanol–water partition coefficient (Wildman–Crippen LogP) is 6.12. The Labute approximate surface area is 239 Å². The maximum Gasteiger partial charge on any atom is 0.135 e. The van der Waals surface area contributed by atoms with Gasteiger partial charge in [0.15, 0.2) is 0 Å². The molecule has 41 heavy (non-hydrogen) atoms. The van der Waals surface area contributed by atoms with Crippen LogP contribution in [0.5, 0.6) is 0 Å². The van der Waals surface area contributed by atoms with E-state index in [0.29, 0.717) is 12.2 Å². The maximum absolute atomic E-state index is 14.7. The fraction of sp³-hybridized carbons (Fsp3) is 0.219. The molecule has 0 radical (unpaired) electrons. The highest BCUT2D eigenvalue weighted by Gasteiger charge is 2.18. The molecule has 4 heterocycles. The zero-order valence-corrected chi connectivity index (χ0v) is 24.1. The van der Waals surface area contributed by atoms with E-state index in [1.807, 2.05) is 82.7 Å². The molecule has 0 aliphatic rings. The number of aromatic amines is 2. The third-order valence-electron chi connectivity index (χ3n) is 6.89. The van der Waals surface area contributed by atoms with Gasteiger partial charge in [-0.3, -0.25) is 10.1 Å². The molecule has 0 fully saturated rings. The predicted molar refractivity (Wildman–Crippen MR) is 167 cm³/mol. The smallest absolute Gasteiger partial charge is 0.135 e. The largest absolute Gasteiger partial charge is 0.384 e. The second kappa shape index (κ2) is 11.8. The zero-order chi connectivity index (χ0) is 29.1. The summed E-state index contributed by atoms with van der Waals surface area (Å²) in [6.45, 7) is 7.46. The number of rotatable bonds is 10. The number of allylic oxidation sites excluding steroid dienone is 2. The van der Waals surface area contributed by atoms with Gasteiger partial charge in [0.1, 0.15) is 17.0 Å². The fourth-order valence-electron chi connectivity index (χ4n) is 4.76. The van der Waals surface area contributed by atoms with Crippen molar-refractivity contribution in [3.05, 3.63) is 96.2 Å². The maximum atomic E-state index is 14.7. The molecule has 0 amide bonds. The van der Waals surface area contributed by atoms with Crippen LogP contribution < -0.4 is 10.2 Å². The first-order valence-corrected chi connectivity index (χ1v) is 13.4. The molecule has 0 atom stereocenters. The molecule has 0 unspecified atom stereocenters. The number of benzene rings is 1. The molecule has 210 valence electrons. The molecule has 0 spiro atoms. The second-order valence-electron chi connectivity index (χ2n) is 10.5. The number of aromatic nitrogens is 5. The van der Waals surface area contributed by atoms with Crippen LogP contribution in [0.4, 0.5) is 15.8 Å². The quantitative estimate of drug-likeness (QED) is 0.182. The lowest BCUT2D eigenvalue weighted by Crippen LogP contribution is -2.20. The normalized spacial score (nSPS) is 11.8. The van der Waals surface area contributed by atoms with Crippen LogP contribution in [0.3, 0.4) is 0 Å². The first kappa shape index (κ1) is 27.8. The van der Waals surface area contributed by atoms with E-state index < -0.39 is 0 Å². The minimum Gasteiger partial charge on any atom is -0.384 e. The molecule has 9 heteroatoms. The second-order valence-corrected chi connectivity index (χ2v) is 10.5. The Morgan fingerprint density at radius 1 is 1.07 bits per heavy atom. The first-order chi connectivity index (χ1) is 19.7. The summed E-state index contributed by atoms with van der Waals surface area (Å²) >= 11 is 0. The van der Waals surface area contributed by atoms with Crippen LogP contribution in [0.25, 0.3) is 39.3 Å². The van der Waals surface area contributed by atoms with E-state index in [1.54, 1.807) is 12.1 Å². The molecule has 0 aliphatic carbocycles. The highest BCUT2D eigenvalue weighted by molar-refractivity contribution is 5.92. The van der Waals surface area contributed by atoms with E-state index in [4.69, 9.17) is 4.98 Å². The molecule has 3 N–H and O–H groups in total. The molecule has 4 aromatic heterocycles. The number of hydrogen-bond donors (Lipinski definition) is 3. The van der Waals surface area contributed by atoms with Gasteiger partial charge < -0.3 is 20.1 Å².